The van der Waals surface area contributed by atoms with Crippen LogP contribution in [0.4, 0.5) is 4.79 Å². The van der Waals surface area contributed by atoms with Crippen LogP contribution in [0, 0.1) is 0 Å². The molecule has 0 atom stereocenters. The minimum Gasteiger partial charge on any atom is -0.444 e. The molecular formula is C20H33N3O4. The molecule has 3 amide bonds. The van der Waals surface area contributed by atoms with E-state index >= 15 is 0 Å². The summed E-state index contributed by atoms with van der Waals surface area (Å²) >= 11 is 0. The quantitative estimate of drug-likeness (QED) is 0.735. The van der Waals surface area contributed by atoms with Gasteiger partial charge in [-0.1, -0.05) is 12.0 Å². The Morgan fingerprint density at radius 3 is 2.33 bits per heavy atom. The number of amides is 3. The average molecular weight is 380 g/mol. The van der Waals surface area contributed by atoms with Gasteiger partial charge in [0.15, 0.2) is 0 Å². The molecule has 2 fully saturated rings. The SMILES string of the molecule is CC(C)(C)OC(=O)NCC(=O)N1CCC(NC(=O)C=C2CCCCC2)CC1. The Morgan fingerprint density at radius 2 is 1.74 bits per heavy atom. The topological polar surface area (TPSA) is 87.7 Å². The number of nitrogens with one attached hydrogen (secondary N) is 2. The molecule has 1 aliphatic heterocycles. The zero-order chi connectivity index (χ0) is 19.9. The van der Waals surface area contributed by atoms with Crippen molar-refractivity contribution in [1.29, 1.82) is 0 Å². The van der Waals surface area contributed by atoms with Crippen LogP contribution in [0.1, 0.15) is 65.7 Å². The van der Waals surface area contributed by atoms with Gasteiger partial charge in [-0.3, -0.25) is 9.59 Å². The molecule has 0 radical (unpaired) electrons. The van der Waals surface area contributed by atoms with E-state index in [2.05, 4.69) is 10.6 Å². The standard InChI is InChI=1S/C20H33N3O4/c1-20(2,3)27-19(26)21-14-18(25)23-11-9-16(10-12-23)22-17(24)13-15-7-5-4-6-8-15/h13,16H,4-12,14H2,1-3H3,(H,21,26)(H,22,24). The third kappa shape index (κ3) is 8.01. The molecule has 0 unspecified atom stereocenters. The molecule has 0 spiro atoms. The first kappa shape index (κ1) is 21.3. The monoisotopic (exact) mass is 379 g/mol. The molecule has 0 aromatic rings. The molecule has 1 saturated heterocycles. The van der Waals surface area contributed by atoms with Crippen molar-refractivity contribution in [2.24, 2.45) is 0 Å². The normalized spacial score (nSPS) is 18.6. The molecule has 1 aliphatic carbocycles. The smallest absolute Gasteiger partial charge is 0.408 e. The van der Waals surface area contributed by atoms with Gasteiger partial charge in [0.1, 0.15) is 12.1 Å². The molecule has 0 aromatic carbocycles. The van der Waals surface area contributed by atoms with Crippen LogP contribution >= 0.6 is 0 Å². The lowest BCUT2D eigenvalue weighted by Gasteiger charge is -2.32. The fraction of sp³-hybridized carbons (Fsp3) is 0.750. The summed E-state index contributed by atoms with van der Waals surface area (Å²) in [6.45, 7) is 6.41. The summed E-state index contributed by atoms with van der Waals surface area (Å²) in [6, 6.07) is 0.0980. The van der Waals surface area contributed by atoms with Crippen LogP contribution in [0.15, 0.2) is 11.6 Å². The summed E-state index contributed by atoms with van der Waals surface area (Å²) in [7, 11) is 0. The predicted molar refractivity (Wildman–Crippen MR) is 103 cm³/mol. The first-order chi connectivity index (χ1) is 12.7. The minimum atomic E-state index is -0.589. The van der Waals surface area contributed by atoms with E-state index in [-0.39, 0.29) is 24.4 Å². The molecule has 1 saturated carbocycles. The fourth-order valence-corrected chi connectivity index (χ4v) is 3.43. The molecule has 7 heteroatoms. The van der Waals surface area contributed by atoms with Gasteiger partial charge in [-0.2, -0.15) is 0 Å². The highest BCUT2D eigenvalue weighted by molar-refractivity contribution is 5.88. The van der Waals surface area contributed by atoms with Gasteiger partial charge in [0.25, 0.3) is 0 Å². The van der Waals surface area contributed by atoms with Crippen molar-refractivity contribution in [3.05, 3.63) is 11.6 Å². The second-order valence-electron chi connectivity index (χ2n) is 8.38. The number of nitrogens with zero attached hydrogens (tertiary/aromatic N) is 1. The second kappa shape index (κ2) is 9.76. The van der Waals surface area contributed by atoms with Gasteiger partial charge in [0.2, 0.25) is 11.8 Å². The number of hydrogen-bond donors (Lipinski definition) is 2. The predicted octanol–water partition coefficient (Wildman–Crippen LogP) is 2.51. The van der Waals surface area contributed by atoms with E-state index in [4.69, 9.17) is 4.74 Å². The number of allylic oxidation sites excluding steroid dienone is 1. The maximum absolute atomic E-state index is 12.2. The van der Waals surface area contributed by atoms with Crippen LogP contribution < -0.4 is 10.6 Å². The molecule has 27 heavy (non-hydrogen) atoms. The lowest BCUT2D eigenvalue weighted by atomic mass is 9.94. The zero-order valence-electron chi connectivity index (χ0n) is 16.8. The Hall–Kier alpha value is -2.05. The van der Waals surface area contributed by atoms with Gasteiger partial charge in [0.05, 0.1) is 0 Å². The fourth-order valence-electron chi connectivity index (χ4n) is 3.43. The van der Waals surface area contributed by atoms with E-state index < -0.39 is 11.7 Å². The molecular weight excluding hydrogens is 346 g/mol. The summed E-state index contributed by atoms with van der Waals surface area (Å²) in [5.74, 6) is -0.141. The van der Waals surface area contributed by atoms with Crippen LogP contribution in [0.5, 0.6) is 0 Å². The molecule has 0 aromatic heterocycles. The zero-order valence-corrected chi connectivity index (χ0v) is 16.8. The third-order valence-electron chi connectivity index (χ3n) is 4.81. The average Bonchev–Trinajstić information content (AvgIpc) is 2.59. The Morgan fingerprint density at radius 1 is 1.11 bits per heavy atom. The Kier molecular flexibility index (Phi) is 7.68. The molecule has 2 aliphatic rings. The van der Waals surface area contributed by atoms with Crippen molar-refractivity contribution >= 4 is 17.9 Å². The number of ether oxygens (including phenoxy) is 1. The first-order valence-corrected chi connectivity index (χ1v) is 9.97. The van der Waals surface area contributed by atoms with E-state index in [1.807, 2.05) is 0 Å². The van der Waals surface area contributed by atoms with Crippen molar-refractivity contribution < 1.29 is 19.1 Å². The lowest BCUT2D eigenvalue weighted by Crippen LogP contribution is -2.49. The number of alkyl carbamates (subject to hydrolysis) is 1. The van der Waals surface area contributed by atoms with Crippen molar-refractivity contribution in [3.8, 4) is 0 Å². The number of carbonyl (C=O) groups is 3. The van der Waals surface area contributed by atoms with E-state index in [0.717, 1.165) is 25.7 Å². The molecule has 7 nitrogen and oxygen atoms in total. The highest BCUT2D eigenvalue weighted by atomic mass is 16.6. The maximum atomic E-state index is 12.2. The molecule has 1 heterocycles. The Bertz CT molecular complexity index is 564. The van der Waals surface area contributed by atoms with Gasteiger partial charge < -0.3 is 20.3 Å². The highest BCUT2D eigenvalue weighted by Crippen LogP contribution is 2.22. The third-order valence-corrected chi connectivity index (χ3v) is 4.81. The molecule has 2 rings (SSSR count). The summed E-state index contributed by atoms with van der Waals surface area (Å²) in [6.07, 6.45) is 8.31. The number of likely N-dealkylation sites (tertiary alicyclic amines) is 1. The maximum Gasteiger partial charge on any atom is 0.408 e. The van der Waals surface area contributed by atoms with Crippen molar-refractivity contribution in [2.45, 2.75) is 77.4 Å². The van der Waals surface area contributed by atoms with Gasteiger partial charge in [-0.25, -0.2) is 4.79 Å². The van der Waals surface area contributed by atoms with Gasteiger partial charge in [-0.15, -0.1) is 0 Å². The van der Waals surface area contributed by atoms with E-state index in [1.54, 1.807) is 31.7 Å². The Balaban J connectivity index is 1.67. The molecule has 0 bridgehead atoms. The van der Waals surface area contributed by atoms with E-state index in [0.29, 0.717) is 13.1 Å². The summed E-state index contributed by atoms with van der Waals surface area (Å²) in [5, 5.41) is 5.55. The summed E-state index contributed by atoms with van der Waals surface area (Å²) in [4.78, 5) is 37.7. The van der Waals surface area contributed by atoms with Crippen LogP contribution in [0.2, 0.25) is 0 Å². The lowest BCUT2D eigenvalue weighted by molar-refractivity contribution is -0.131. The van der Waals surface area contributed by atoms with Gasteiger partial charge in [-0.05, 0) is 59.3 Å². The van der Waals surface area contributed by atoms with Crippen LogP contribution in [-0.2, 0) is 14.3 Å². The minimum absolute atomic E-state index is 0.0109. The summed E-state index contributed by atoms with van der Waals surface area (Å²) in [5.41, 5.74) is 0.663. The second-order valence-corrected chi connectivity index (χ2v) is 8.38. The number of hydrogen-bond acceptors (Lipinski definition) is 4. The highest BCUT2D eigenvalue weighted by Gasteiger charge is 2.24. The van der Waals surface area contributed by atoms with E-state index in [9.17, 15) is 14.4 Å². The van der Waals surface area contributed by atoms with Gasteiger partial charge >= 0.3 is 6.09 Å². The van der Waals surface area contributed by atoms with Crippen LogP contribution in [-0.4, -0.2) is 54.1 Å². The number of carbonyl (C=O) groups excluding carboxylic acids is 3. The van der Waals surface area contributed by atoms with Crippen molar-refractivity contribution in [1.82, 2.24) is 15.5 Å². The molecule has 2 N–H and O–H groups in total. The Labute approximate surface area is 161 Å². The largest absolute Gasteiger partial charge is 0.444 e. The molecule has 152 valence electrons. The van der Waals surface area contributed by atoms with E-state index in [1.165, 1.54) is 24.8 Å². The number of rotatable bonds is 4. The van der Waals surface area contributed by atoms with Crippen molar-refractivity contribution in [2.75, 3.05) is 19.6 Å². The van der Waals surface area contributed by atoms with Gasteiger partial charge in [0, 0.05) is 25.2 Å². The first-order valence-electron chi connectivity index (χ1n) is 9.97. The van der Waals surface area contributed by atoms with Crippen LogP contribution in [0.25, 0.3) is 0 Å². The van der Waals surface area contributed by atoms with Crippen LogP contribution in [0.3, 0.4) is 0 Å². The van der Waals surface area contributed by atoms with Crippen molar-refractivity contribution in [3.63, 3.8) is 0 Å². The summed E-state index contributed by atoms with van der Waals surface area (Å²) < 4.78 is 5.12. The number of piperidine rings is 1.